The Kier molecular flexibility index (Phi) is 7.10. The largest absolute Gasteiger partial charge is 0.298 e. The molecule has 3 rings (SSSR count). The minimum absolute atomic E-state index is 0. The topological polar surface area (TPSA) is 45.2 Å². The number of thiazole rings is 1. The van der Waals surface area contributed by atoms with Gasteiger partial charge < -0.3 is 0 Å². The van der Waals surface area contributed by atoms with Crippen LogP contribution in [-0.4, -0.2) is 34.6 Å². The van der Waals surface area contributed by atoms with Crippen LogP contribution in [0.2, 0.25) is 0 Å². The highest BCUT2D eigenvalue weighted by Gasteiger charge is 2.21. The van der Waals surface area contributed by atoms with Crippen LogP contribution in [0.3, 0.4) is 0 Å². The molecule has 2 heterocycles. The molecule has 1 aromatic carbocycles. The van der Waals surface area contributed by atoms with Crippen molar-refractivity contribution < 1.29 is 4.79 Å². The van der Waals surface area contributed by atoms with E-state index in [0.717, 1.165) is 48.0 Å². The minimum Gasteiger partial charge on any atom is -0.298 e. The fourth-order valence-electron chi connectivity index (χ4n) is 2.67. The number of hydrogen-bond donors (Lipinski definition) is 1. The molecule has 0 saturated carbocycles. The van der Waals surface area contributed by atoms with Gasteiger partial charge in [-0.15, -0.1) is 35.5 Å². The number of hydrogen-bond acceptors (Lipinski definition) is 5. The van der Waals surface area contributed by atoms with E-state index < -0.39 is 0 Å². The van der Waals surface area contributed by atoms with Crippen LogP contribution in [-0.2, 0) is 13.0 Å². The molecule has 2 aromatic rings. The van der Waals surface area contributed by atoms with Crippen LogP contribution in [0.25, 0.3) is 0 Å². The van der Waals surface area contributed by atoms with Crippen molar-refractivity contribution in [1.82, 2.24) is 9.88 Å². The molecule has 1 aromatic heterocycles. The number of fused-ring (bicyclic) bond motifs is 1. The van der Waals surface area contributed by atoms with Crippen molar-refractivity contribution in [3.8, 4) is 0 Å². The summed E-state index contributed by atoms with van der Waals surface area (Å²) in [6, 6.07) is 7.74. The number of halogens is 1. The minimum atomic E-state index is -0.0694. The predicted molar refractivity (Wildman–Crippen MR) is 105 cm³/mol. The van der Waals surface area contributed by atoms with Crippen LogP contribution in [0.5, 0.6) is 0 Å². The van der Waals surface area contributed by atoms with Gasteiger partial charge in [0, 0.05) is 29.3 Å². The molecule has 24 heavy (non-hydrogen) atoms. The third-order valence-electron chi connectivity index (χ3n) is 3.91. The molecule has 7 heteroatoms. The Morgan fingerprint density at radius 1 is 1.38 bits per heavy atom. The molecular formula is C17H22ClN3OS2. The van der Waals surface area contributed by atoms with Gasteiger partial charge in [0.15, 0.2) is 5.13 Å². The lowest BCUT2D eigenvalue weighted by atomic mass is 10.2. The van der Waals surface area contributed by atoms with Gasteiger partial charge in [0.25, 0.3) is 5.91 Å². The van der Waals surface area contributed by atoms with Gasteiger partial charge in [-0.1, -0.05) is 26.0 Å². The molecule has 0 radical (unpaired) electrons. The van der Waals surface area contributed by atoms with E-state index in [1.807, 2.05) is 24.3 Å². The van der Waals surface area contributed by atoms with Crippen LogP contribution in [0.1, 0.15) is 34.8 Å². The van der Waals surface area contributed by atoms with Gasteiger partial charge in [0.1, 0.15) is 0 Å². The van der Waals surface area contributed by atoms with Gasteiger partial charge in [0.2, 0.25) is 0 Å². The second kappa shape index (κ2) is 8.85. The van der Waals surface area contributed by atoms with Crippen molar-refractivity contribution in [1.29, 1.82) is 0 Å². The first kappa shape index (κ1) is 19.2. The zero-order valence-corrected chi connectivity index (χ0v) is 16.3. The summed E-state index contributed by atoms with van der Waals surface area (Å²) >= 11 is 3.29. The number of benzene rings is 1. The summed E-state index contributed by atoms with van der Waals surface area (Å²) in [6.07, 6.45) is 0.970. The van der Waals surface area contributed by atoms with Gasteiger partial charge in [-0.05, 0) is 24.4 Å². The number of thioether (sulfide) groups is 1. The summed E-state index contributed by atoms with van der Waals surface area (Å²) in [5.74, 6) is 0.878. The van der Waals surface area contributed by atoms with E-state index >= 15 is 0 Å². The van der Waals surface area contributed by atoms with Gasteiger partial charge in [-0.3, -0.25) is 15.0 Å². The van der Waals surface area contributed by atoms with Crippen LogP contribution in [0.15, 0.2) is 29.2 Å². The average Bonchev–Trinajstić information content (AvgIpc) is 2.96. The van der Waals surface area contributed by atoms with E-state index in [2.05, 4.69) is 29.0 Å². The van der Waals surface area contributed by atoms with Crippen molar-refractivity contribution in [2.24, 2.45) is 0 Å². The van der Waals surface area contributed by atoms with Crippen LogP contribution >= 0.6 is 35.5 Å². The Hall–Kier alpha value is -1.08. The third-order valence-corrected chi connectivity index (χ3v) is 5.86. The maximum Gasteiger partial charge on any atom is 0.258 e. The molecule has 4 nitrogen and oxygen atoms in total. The number of anilines is 1. The maximum absolute atomic E-state index is 12.6. The predicted octanol–water partition coefficient (Wildman–Crippen LogP) is 4.31. The monoisotopic (exact) mass is 383 g/mol. The second-order valence-electron chi connectivity index (χ2n) is 5.39. The molecule has 0 bridgehead atoms. The van der Waals surface area contributed by atoms with E-state index in [-0.39, 0.29) is 18.3 Å². The third kappa shape index (κ3) is 4.30. The van der Waals surface area contributed by atoms with E-state index in [1.165, 1.54) is 4.88 Å². The highest BCUT2D eigenvalue weighted by atomic mass is 35.5. The normalized spacial score (nSPS) is 13.9. The molecular weight excluding hydrogens is 362 g/mol. The number of likely N-dealkylation sites (N-methyl/N-ethyl adjacent to an activating group) is 1. The number of aromatic nitrogens is 1. The average molecular weight is 384 g/mol. The van der Waals surface area contributed by atoms with Crippen molar-refractivity contribution in [2.45, 2.75) is 31.7 Å². The van der Waals surface area contributed by atoms with Gasteiger partial charge in [-0.2, -0.15) is 0 Å². The number of nitrogens with zero attached hydrogens (tertiary/aromatic N) is 2. The summed E-state index contributed by atoms with van der Waals surface area (Å²) < 4.78 is 0. The molecule has 130 valence electrons. The van der Waals surface area contributed by atoms with E-state index in [1.54, 1.807) is 23.1 Å². The van der Waals surface area contributed by atoms with Crippen LogP contribution in [0, 0.1) is 0 Å². The number of carbonyl (C=O) groups is 1. The maximum atomic E-state index is 12.6. The number of amides is 1. The smallest absolute Gasteiger partial charge is 0.258 e. The van der Waals surface area contributed by atoms with E-state index in [9.17, 15) is 4.79 Å². The quantitative estimate of drug-likeness (QED) is 0.781. The lowest BCUT2D eigenvalue weighted by Crippen LogP contribution is -2.29. The second-order valence-corrected chi connectivity index (χ2v) is 7.78. The lowest BCUT2D eigenvalue weighted by molar-refractivity contribution is 0.102. The molecule has 1 aliphatic heterocycles. The van der Waals surface area contributed by atoms with Crippen molar-refractivity contribution >= 4 is 46.5 Å². The highest BCUT2D eigenvalue weighted by Crippen LogP contribution is 2.29. The van der Waals surface area contributed by atoms with Crippen molar-refractivity contribution in [3.05, 3.63) is 40.4 Å². The van der Waals surface area contributed by atoms with Gasteiger partial charge in [0.05, 0.1) is 11.3 Å². The summed E-state index contributed by atoms with van der Waals surface area (Å²) in [4.78, 5) is 21.9. The van der Waals surface area contributed by atoms with E-state index in [0.29, 0.717) is 5.13 Å². The molecule has 0 unspecified atom stereocenters. The van der Waals surface area contributed by atoms with Crippen LogP contribution < -0.4 is 5.32 Å². The SMILES string of the molecule is CCSc1ccccc1C(=O)Nc1nc2c(s1)CN(CC)CC2.Cl. The number of rotatable bonds is 5. The Morgan fingerprint density at radius 3 is 2.92 bits per heavy atom. The first-order valence-electron chi connectivity index (χ1n) is 7.95. The molecule has 1 N–H and O–H groups in total. The first-order chi connectivity index (χ1) is 11.2. The Bertz CT molecular complexity index is 705. The Labute approximate surface area is 157 Å². The van der Waals surface area contributed by atoms with Crippen LogP contribution in [0.4, 0.5) is 5.13 Å². The van der Waals surface area contributed by atoms with Gasteiger partial charge in [-0.25, -0.2) is 4.98 Å². The molecule has 1 aliphatic rings. The Morgan fingerprint density at radius 2 is 2.17 bits per heavy atom. The number of nitrogens with one attached hydrogen (secondary N) is 1. The molecule has 1 amide bonds. The first-order valence-corrected chi connectivity index (χ1v) is 9.75. The van der Waals surface area contributed by atoms with Crippen molar-refractivity contribution in [3.63, 3.8) is 0 Å². The van der Waals surface area contributed by atoms with Crippen molar-refractivity contribution in [2.75, 3.05) is 24.2 Å². The zero-order valence-electron chi connectivity index (χ0n) is 13.9. The standard InChI is InChI=1S/C17H21N3OS2.ClH/c1-3-20-10-9-13-15(11-20)23-17(18-13)19-16(21)12-7-5-6-8-14(12)22-4-2;/h5-8H,3-4,9-11H2,1-2H3,(H,18,19,21);1H. The van der Waals surface area contributed by atoms with E-state index in [4.69, 9.17) is 0 Å². The summed E-state index contributed by atoms with van der Waals surface area (Å²) in [6.45, 7) is 7.32. The molecule has 0 atom stereocenters. The summed E-state index contributed by atoms with van der Waals surface area (Å²) in [5, 5.41) is 3.70. The zero-order chi connectivity index (χ0) is 16.2. The number of carbonyl (C=O) groups excluding carboxylic acids is 1. The highest BCUT2D eigenvalue weighted by molar-refractivity contribution is 7.99. The molecule has 0 saturated heterocycles. The lowest BCUT2D eigenvalue weighted by Gasteiger charge is -2.23. The summed E-state index contributed by atoms with van der Waals surface area (Å²) in [7, 11) is 0. The fourth-order valence-corrected chi connectivity index (χ4v) is 4.52. The molecule has 0 aliphatic carbocycles. The van der Waals surface area contributed by atoms with Gasteiger partial charge >= 0.3 is 0 Å². The Balaban J connectivity index is 0.00000208. The summed E-state index contributed by atoms with van der Waals surface area (Å²) in [5.41, 5.74) is 1.87. The fraction of sp³-hybridized carbons (Fsp3) is 0.412. The molecule has 0 fully saturated rings. The molecule has 0 spiro atoms.